The molecule has 0 fully saturated rings. The number of amides is 2. The number of nitrogens with one attached hydrogen (secondary N) is 1. The third-order valence-electron chi connectivity index (χ3n) is 4.40. The second-order valence-electron chi connectivity index (χ2n) is 6.22. The number of rotatable bonds is 4. The molecule has 1 heterocycles. The predicted octanol–water partition coefficient (Wildman–Crippen LogP) is 4.60. The largest absolute Gasteiger partial charge is 0.365 e. The van der Waals surface area contributed by atoms with E-state index in [-0.39, 0.29) is 5.91 Å². The van der Waals surface area contributed by atoms with E-state index in [0.29, 0.717) is 27.1 Å². The summed E-state index contributed by atoms with van der Waals surface area (Å²) < 4.78 is 0. The van der Waals surface area contributed by atoms with E-state index in [1.807, 2.05) is 12.3 Å². The Hall–Kier alpha value is -1.50. The number of carbonyl (C=O) groups is 2. The molecule has 0 aliphatic heterocycles. The van der Waals surface area contributed by atoms with Crippen LogP contribution in [-0.2, 0) is 12.8 Å². The van der Waals surface area contributed by atoms with Crippen molar-refractivity contribution in [1.82, 2.24) is 0 Å². The van der Waals surface area contributed by atoms with Crippen molar-refractivity contribution in [3.05, 3.63) is 44.8 Å². The lowest BCUT2D eigenvalue weighted by atomic mass is 9.88. The summed E-state index contributed by atoms with van der Waals surface area (Å²) in [5.41, 5.74) is 7.44. The Morgan fingerprint density at radius 2 is 2.16 bits per heavy atom. The van der Waals surface area contributed by atoms with Crippen molar-refractivity contribution in [2.24, 2.45) is 11.7 Å². The van der Waals surface area contributed by atoms with Crippen molar-refractivity contribution in [3.8, 4) is 0 Å². The summed E-state index contributed by atoms with van der Waals surface area (Å²) in [5, 5.41) is 3.77. The van der Waals surface area contributed by atoms with E-state index in [4.69, 9.17) is 17.3 Å². The van der Waals surface area contributed by atoms with Gasteiger partial charge in [0.1, 0.15) is 5.00 Å². The molecule has 2 aromatic rings. The van der Waals surface area contributed by atoms with Crippen LogP contribution in [0.25, 0.3) is 0 Å². The first-order valence-electron chi connectivity index (χ1n) is 8.00. The van der Waals surface area contributed by atoms with Crippen LogP contribution in [0.2, 0.25) is 5.02 Å². The maximum absolute atomic E-state index is 12.7. The van der Waals surface area contributed by atoms with Gasteiger partial charge < -0.3 is 11.1 Å². The predicted molar refractivity (Wildman–Crippen MR) is 105 cm³/mol. The average molecular weight is 395 g/mol. The number of thiophene rings is 1. The Bertz CT molecular complexity index is 848. The summed E-state index contributed by atoms with van der Waals surface area (Å²) in [6.45, 7) is 2.19. The Balaban J connectivity index is 1.95. The van der Waals surface area contributed by atoms with Crippen LogP contribution in [0.15, 0.2) is 23.1 Å². The van der Waals surface area contributed by atoms with Crippen molar-refractivity contribution < 1.29 is 9.59 Å². The van der Waals surface area contributed by atoms with Gasteiger partial charge in [0.25, 0.3) is 11.8 Å². The standard InChI is InChI=1S/C18H19ClN2O2S2/c1-9-3-5-11-14(7-9)25-18(15(11)16(20)22)21-17(23)12-8-10(24-2)4-6-13(12)19/h4,6,8-9H,3,5,7H2,1-2H3,(H2,20,22)(H,21,23). The number of benzene rings is 1. The maximum Gasteiger partial charge on any atom is 0.257 e. The molecule has 3 N–H and O–H groups in total. The summed E-state index contributed by atoms with van der Waals surface area (Å²) >= 11 is 9.17. The van der Waals surface area contributed by atoms with Crippen molar-refractivity contribution in [2.45, 2.75) is 31.1 Å². The molecule has 0 spiro atoms. The highest BCUT2D eigenvalue weighted by Crippen LogP contribution is 2.39. The van der Waals surface area contributed by atoms with E-state index in [1.54, 1.807) is 12.1 Å². The van der Waals surface area contributed by atoms with E-state index in [9.17, 15) is 9.59 Å². The molecule has 132 valence electrons. The molecule has 0 bridgehead atoms. The number of anilines is 1. The van der Waals surface area contributed by atoms with Crippen LogP contribution in [0.5, 0.6) is 0 Å². The van der Waals surface area contributed by atoms with E-state index in [2.05, 4.69) is 12.2 Å². The molecule has 0 saturated heterocycles. The number of primary amides is 1. The molecule has 1 aliphatic rings. The van der Waals surface area contributed by atoms with Crippen LogP contribution in [0.4, 0.5) is 5.00 Å². The fraction of sp³-hybridized carbons (Fsp3) is 0.333. The first-order valence-corrected chi connectivity index (χ1v) is 10.4. The summed E-state index contributed by atoms with van der Waals surface area (Å²) in [5.74, 6) is -0.246. The summed E-state index contributed by atoms with van der Waals surface area (Å²) in [4.78, 5) is 26.8. The number of hydrogen-bond acceptors (Lipinski definition) is 4. The molecule has 7 heteroatoms. The van der Waals surface area contributed by atoms with Gasteiger partial charge in [-0.05, 0) is 55.2 Å². The fourth-order valence-electron chi connectivity index (χ4n) is 3.08. The number of hydrogen-bond donors (Lipinski definition) is 2. The van der Waals surface area contributed by atoms with Crippen LogP contribution in [0.3, 0.4) is 0 Å². The zero-order chi connectivity index (χ0) is 18.1. The van der Waals surface area contributed by atoms with Crippen LogP contribution >= 0.6 is 34.7 Å². The molecule has 3 rings (SSSR count). The van der Waals surface area contributed by atoms with Gasteiger partial charge in [-0.15, -0.1) is 23.1 Å². The second-order valence-corrected chi connectivity index (χ2v) is 8.61. The SMILES string of the molecule is CSc1ccc(Cl)c(C(=O)Nc2sc3c(c2C(N)=O)CCC(C)C3)c1. The quantitative estimate of drug-likeness (QED) is 0.744. The monoisotopic (exact) mass is 394 g/mol. The van der Waals surface area contributed by atoms with Gasteiger partial charge in [0, 0.05) is 9.77 Å². The van der Waals surface area contributed by atoms with Gasteiger partial charge in [0.15, 0.2) is 0 Å². The number of halogens is 1. The molecule has 2 amide bonds. The number of nitrogens with two attached hydrogens (primary N) is 1. The van der Waals surface area contributed by atoms with Gasteiger partial charge in [-0.1, -0.05) is 18.5 Å². The van der Waals surface area contributed by atoms with Gasteiger partial charge in [-0.3, -0.25) is 9.59 Å². The van der Waals surface area contributed by atoms with Crippen molar-refractivity contribution >= 4 is 51.5 Å². The molecule has 4 nitrogen and oxygen atoms in total. The molecule has 1 atom stereocenters. The minimum Gasteiger partial charge on any atom is -0.365 e. The average Bonchev–Trinajstić information content (AvgIpc) is 2.92. The van der Waals surface area contributed by atoms with E-state index < -0.39 is 5.91 Å². The van der Waals surface area contributed by atoms with E-state index >= 15 is 0 Å². The van der Waals surface area contributed by atoms with Crippen LogP contribution in [0, 0.1) is 5.92 Å². The second kappa shape index (κ2) is 7.40. The summed E-state index contributed by atoms with van der Waals surface area (Å²) in [6, 6.07) is 5.32. The van der Waals surface area contributed by atoms with Crippen molar-refractivity contribution in [1.29, 1.82) is 0 Å². The highest BCUT2D eigenvalue weighted by Gasteiger charge is 2.27. The molecule has 0 saturated carbocycles. The third kappa shape index (κ3) is 3.71. The molecule has 0 radical (unpaired) electrons. The number of carbonyl (C=O) groups excluding carboxylic acids is 2. The molecule has 25 heavy (non-hydrogen) atoms. The summed E-state index contributed by atoms with van der Waals surface area (Å²) in [6.07, 6.45) is 4.70. The van der Waals surface area contributed by atoms with Crippen molar-refractivity contribution in [2.75, 3.05) is 11.6 Å². The van der Waals surface area contributed by atoms with Crippen molar-refractivity contribution in [3.63, 3.8) is 0 Å². The highest BCUT2D eigenvalue weighted by atomic mass is 35.5. The van der Waals surface area contributed by atoms with E-state index in [0.717, 1.165) is 34.6 Å². The van der Waals surface area contributed by atoms with Gasteiger partial charge >= 0.3 is 0 Å². The smallest absolute Gasteiger partial charge is 0.257 e. The molecular weight excluding hydrogens is 376 g/mol. The first kappa shape index (κ1) is 18.3. The van der Waals surface area contributed by atoms with Gasteiger partial charge in [-0.25, -0.2) is 0 Å². The minimum atomic E-state index is -0.494. The lowest BCUT2D eigenvalue weighted by Crippen LogP contribution is -2.19. The summed E-state index contributed by atoms with van der Waals surface area (Å²) in [7, 11) is 0. The fourth-order valence-corrected chi connectivity index (χ4v) is 5.13. The van der Waals surface area contributed by atoms with E-state index in [1.165, 1.54) is 23.1 Å². The number of fused-ring (bicyclic) bond motifs is 1. The third-order valence-corrected chi connectivity index (χ3v) is 6.63. The first-order chi connectivity index (χ1) is 11.9. The maximum atomic E-state index is 12.7. The minimum absolute atomic E-state index is 0.324. The molecule has 1 aromatic heterocycles. The van der Waals surface area contributed by atoms with Crippen LogP contribution in [-0.4, -0.2) is 18.1 Å². The zero-order valence-corrected chi connectivity index (χ0v) is 16.4. The lowest BCUT2D eigenvalue weighted by Gasteiger charge is -2.18. The highest BCUT2D eigenvalue weighted by molar-refractivity contribution is 7.98. The Labute approximate surface area is 160 Å². The zero-order valence-electron chi connectivity index (χ0n) is 14.0. The van der Waals surface area contributed by atoms with Crippen LogP contribution < -0.4 is 11.1 Å². The van der Waals surface area contributed by atoms with Gasteiger partial charge in [0.05, 0.1) is 16.1 Å². The lowest BCUT2D eigenvalue weighted by molar-refractivity contribution is 0.1000. The Morgan fingerprint density at radius 3 is 2.84 bits per heavy atom. The molecule has 1 unspecified atom stereocenters. The van der Waals surface area contributed by atoms with Crippen LogP contribution in [0.1, 0.15) is 44.5 Å². The topological polar surface area (TPSA) is 72.2 Å². The van der Waals surface area contributed by atoms with Gasteiger partial charge in [-0.2, -0.15) is 0 Å². The number of thioether (sulfide) groups is 1. The molecule has 1 aromatic carbocycles. The molecular formula is C18H19ClN2O2S2. The molecule has 1 aliphatic carbocycles. The Kier molecular flexibility index (Phi) is 5.41. The normalized spacial score (nSPS) is 16.4. The van der Waals surface area contributed by atoms with Gasteiger partial charge in [0.2, 0.25) is 0 Å². The Morgan fingerprint density at radius 1 is 1.40 bits per heavy atom.